The maximum absolute atomic E-state index is 11.7. The average molecular weight is 211 g/mol. The molecule has 0 fully saturated rings. The normalized spacial score (nSPS) is 12.2. The van der Waals surface area contributed by atoms with Crippen LogP contribution in [0.15, 0.2) is 24.3 Å². The summed E-state index contributed by atoms with van der Waals surface area (Å²) in [6.45, 7) is 2.99. The Hall–Kier alpha value is -1.15. The quantitative estimate of drug-likeness (QED) is 0.568. The van der Waals surface area contributed by atoms with E-state index in [1.807, 2.05) is 0 Å². The van der Waals surface area contributed by atoms with Crippen LogP contribution >= 0.6 is 11.6 Å². The van der Waals surface area contributed by atoms with E-state index in [1.54, 1.807) is 31.2 Å². The first-order chi connectivity index (χ1) is 6.54. The number of Topliss-reactive ketones (excluding diaryl/α,β-unsaturated/α-hetero) is 2. The molecule has 14 heavy (non-hydrogen) atoms. The van der Waals surface area contributed by atoms with Crippen LogP contribution in [0.3, 0.4) is 0 Å². The van der Waals surface area contributed by atoms with E-state index in [0.717, 1.165) is 0 Å². The van der Waals surface area contributed by atoms with Gasteiger partial charge in [-0.1, -0.05) is 23.7 Å². The fourth-order valence-electron chi connectivity index (χ4n) is 1.08. The Morgan fingerprint density at radius 2 is 1.86 bits per heavy atom. The van der Waals surface area contributed by atoms with Crippen LogP contribution in [0.2, 0.25) is 5.02 Å². The summed E-state index contributed by atoms with van der Waals surface area (Å²) in [6.07, 6.45) is 0. The number of benzene rings is 1. The minimum Gasteiger partial charge on any atom is -0.299 e. The van der Waals surface area contributed by atoms with Crippen molar-refractivity contribution in [3.05, 3.63) is 34.9 Å². The number of hydrogen-bond donors (Lipinski definition) is 0. The molecule has 2 nitrogen and oxygen atoms in total. The van der Waals surface area contributed by atoms with Crippen molar-refractivity contribution < 1.29 is 9.59 Å². The molecule has 0 amide bonds. The predicted octanol–water partition coefficient (Wildman–Crippen LogP) is 2.75. The maximum atomic E-state index is 11.7. The molecule has 0 aromatic heterocycles. The second-order valence-corrected chi connectivity index (χ2v) is 3.58. The largest absolute Gasteiger partial charge is 0.299 e. The van der Waals surface area contributed by atoms with Gasteiger partial charge in [-0.3, -0.25) is 9.59 Å². The molecule has 1 unspecified atom stereocenters. The van der Waals surface area contributed by atoms with Gasteiger partial charge in [0.2, 0.25) is 0 Å². The summed E-state index contributed by atoms with van der Waals surface area (Å²) in [7, 11) is 0. The summed E-state index contributed by atoms with van der Waals surface area (Å²) in [6, 6.07) is 6.75. The number of ketones is 2. The number of hydrogen-bond acceptors (Lipinski definition) is 2. The molecule has 1 aromatic carbocycles. The highest BCUT2D eigenvalue weighted by molar-refractivity contribution is 6.34. The summed E-state index contributed by atoms with van der Waals surface area (Å²) in [5.74, 6) is -0.979. The van der Waals surface area contributed by atoms with Gasteiger partial charge in [-0.2, -0.15) is 0 Å². The highest BCUT2D eigenvalue weighted by Crippen LogP contribution is 2.19. The first-order valence-electron chi connectivity index (χ1n) is 4.33. The second kappa shape index (κ2) is 4.38. The summed E-state index contributed by atoms with van der Waals surface area (Å²) in [4.78, 5) is 22.7. The van der Waals surface area contributed by atoms with Crippen LogP contribution in [0.25, 0.3) is 0 Å². The van der Waals surface area contributed by atoms with E-state index in [0.29, 0.717) is 10.6 Å². The van der Waals surface area contributed by atoms with E-state index in [-0.39, 0.29) is 11.6 Å². The molecular weight excluding hydrogens is 200 g/mol. The van der Waals surface area contributed by atoms with Crippen LogP contribution in [-0.4, -0.2) is 11.6 Å². The van der Waals surface area contributed by atoms with E-state index in [2.05, 4.69) is 0 Å². The van der Waals surface area contributed by atoms with Crippen LogP contribution < -0.4 is 0 Å². The third-order valence-corrected chi connectivity index (χ3v) is 2.47. The summed E-state index contributed by atoms with van der Waals surface area (Å²) in [5.41, 5.74) is 0.414. The minimum atomic E-state index is -0.616. The maximum Gasteiger partial charge on any atom is 0.174 e. The topological polar surface area (TPSA) is 34.1 Å². The molecule has 0 spiro atoms. The highest BCUT2D eigenvalue weighted by Gasteiger charge is 2.20. The third-order valence-electron chi connectivity index (χ3n) is 2.14. The van der Waals surface area contributed by atoms with Gasteiger partial charge in [-0.05, 0) is 26.0 Å². The molecule has 0 aliphatic rings. The van der Waals surface area contributed by atoms with Crippen molar-refractivity contribution >= 4 is 23.2 Å². The van der Waals surface area contributed by atoms with Crippen molar-refractivity contribution in [3.63, 3.8) is 0 Å². The molecule has 0 bridgehead atoms. The SMILES string of the molecule is CC(=O)C(C)C(=O)c1ccccc1Cl. The van der Waals surface area contributed by atoms with E-state index in [9.17, 15) is 9.59 Å². The fourth-order valence-corrected chi connectivity index (χ4v) is 1.31. The molecule has 0 aliphatic heterocycles. The molecular formula is C11H11ClO2. The Kier molecular flexibility index (Phi) is 3.42. The lowest BCUT2D eigenvalue weighted by Crippen LogP contribution is -2.18. The van der Waals surface area contributed by atoms with Crippen molar-refractivity contribution in [1.82, 2.24) is 0 Å². The smallest absolute Gasteiger partial charge is 0.174 e. The zero-order valence-electron chi connectivity index (χ0n) is 8.08. The van der Waals surface area contributed by atoms with Crippen LogP contribution in [-0.2, 0) is 4.79 Å². The van der Waals surface area contributed by atoms with Gasteiger partial charge in [-0.25, -0.2) is 0 Å². The van der Waals surface area contributed by atoms with Crippen LogP contribution in [0, 0.1) is 5.92 Å². The standard InChI is InChI=1S/C11H11ClO2/c1-7(8(2)13)11(14)9-5-3-4-6-10(9)12/h3-7H,1-2H3. The van der Waals surface area contributed by atoms with Crippen molar-refractivity contribution in [2.24, 2.45) is 5.92 Å². The molecule has 0 saturated heterocycles. The van der Waals surface area contributed by atoms with Crippen LogP contribution in [0.1, 0.15) is 24.2 Å². The Bertz CT molecular complexity index is 371. The van der Waals surface area contributed by atoms with E-state index in [1.165, 1.54) is 6.92 Å². The number of carbonyl (C=O) groups is 2. The van der Waals surface area contributed by atoms with Gasteiger partial charge in [0, 0.05) is 5.56 Å². The zero-order chi connectivity index (χ0) is 10.7. The van der Waals surface area contributed by atoms with E-state index >= 15 is 0 Å². The summed E-state index contributed by atoms with van der Waals surface area (Å²) >= 11 is 5.84. The Balaban J connectivity index is 3.01. The molecule has 0 N–H and O–H groups in total. The molecule has 0 radical (unpaired) electrons. The lowest BCUT2D eigenvalue weighted by Gasteiger charge is -2.07. The third kappa shape index (κ3) is 2.20. The van der Waals surface area contributed by atoms with Gasteiger partial charge >= 0.3 is 0 Å². The summed E-state index contributed by atoms with van der Waals surface area (Å²) < 4.78 is 0. The molecule has 0 heterocycles. The van der Waals surface area contributed by atoms with E-state index in [4.69, 9.17) is 11.6 Å². The first kappa shape index (κ1) is 10.9. The van der Waals surface area contributed by atoms with Crippen LogP contribution in [0.5, 0.6) is 0 Å². The lowest BCUT2D eigenvalue weighted by molar-refractivity contribution is -0.118. The fraction of sp³-hybridized carbons (Fsp3) is 0.273. The van der Waals surface area contributed by atoms with E-state index < -0.39 is 5.92 Å². The Labute approximate surface area is 87.9 Å². The number of halogens is 1. The molecule has 74 valence electrons. The van der Waals surface area contributed by atoms with Crippen LogP contribution in [0.4, 0.5) is 0 Å². The highest BCUT2D eigenvalue weighted by atomic mass is 35.5. The van der Waals surface area contributed by atoms with Gasteiger partial charge < -0.3 is 0 Å². The zero-order valence-corrected chi connectivity index (χ0v) is 8.84. The molecule has 1 rings (SSSR count). The van der Waals surface area contributed by atoms with Gasteiger partial charge in [-0.15, -0.1) is 0 Å². The van der Waals surface area contributed by atoms with Crippen molar-refractivity contribution in [2.75, 3.05) is 0 Å². The minimum absolute atomic E-state index is 0.144. The molecule has 0 aliphatic carbocycles. The molecule has 3 heteroatoms. The van der Waals surface area contributed by atoms with Gasteiger partial charge in [0.05, 0.1) is 10.9 Å². The Morgan fingerprint density at radius 1 is 1.29 bits per heavy atom. The molecule has 1 aromatic rings. The number of rotatable bonds is 3. The average Bonchev–Trinajstić information content (AvgIpc) is 2.16. The molecule has 1 atom stereocenters. The first-order valence-corrected chi connectivity index (χ1v) is 4.71. The van der Waals surface area contributed by atoms with Gasteiger partial charge in [0.1, 0.15) is 5.78 Å². The second-order valence-electron chi connectivity index (χ2n) is 3.18. The lowest BCUT2D eigenvalue weighted by atomic mass is 9.96. The summed E-state index contributed by atoms with van der Waals surface area (Å²) in [5, 5.41) is 0.394. The number of carbonyl (C=O) groups excluding carboxylic acids is 2. The Morgan fingerprint density at radius 3 is 2.36 bits per heavy atom. The van der Waals surface area contributed by atoms with Crippen molar-refractivity contribution in [3.8, 4) is 0 Å². The van der Waals surface area contributed by atoms with Crippen molar-refractivity contribution in [2.45, 2.75) is 13.8 Å². The van der Waals surface area contributed by atoms with Gasteiger partial charge in [0.25, 0.3) is 0 Å². The predicted molar refractivity (Wildman–Crippen MR) is 55.6 cm³/mol. The monoisotopic (exact) mass is 210 g/mol. The van der Waals surface area contributed by atoms with Gasteiger partial charge in [0.15, 0.2) is 5.78 Å². The molecule has 0 saturated carbocycles. The van der Waals surface area contributed by atoms with Crippen molar-refractivity contribution in [1.29, 1.82) is 0 Å².